The molecule has 11 nitrogen and oxygen atoms in total. The van der Waals surface area contributed by atoms with Crippen molar-refractivity contribution < 1.29 is 27.6 Å². The third-order valence-electron chi connectivity index (χ3n) is 7.09. The predicted molar refractivity (Wildman–Crippen MR) is 164 cm³/mol. The molecule has 0 aliphatic rings. The topological polar surface area (TPSA) is 135 Å². The van der Waals surface area contributed by atoms with E-state index in [0.29, 0.717) is 24.5 Å². The van der Waals surface area contributed by atoms with Crippen molar-refractivity contribution in [2.24, 2.45) is 0 Å². The molecule has 4 rings (SSSR count). The number of hydrogen-bond acceptors (Lipinski definition) is 7. The number of nitrogens with zero attached hydrogens (tertiary/aromatic N) is 3. The Bertz CT molecular complexity index is 1740. The number of benzene rings is 3. The van der Waals surface area contributed by atoms with Gasteiger partial charge in [-0.2, -0.15) is 4.31 Å². The molecular formula is C30H33ClN4O7S. The van der Waals surface area contributed by atoms with Crippen LogP contribution in [0.3, 0.4) is 0 Å². The number of methoxy groups -OCH3 is 2. The molecule has 0 bridgehead atoms. The summed E-state index contributed by atoms with van der Waals surface area (Å²) < 4.78 is 39.2. The van der Waals surface area contributed by atoms with Crippen molar-refractivity contribution in [2.75, 3.05) is 27.3 Å². The summed E-state index contributed by atoms with van der Waals surface area (Å²) in [5.74, 6) is 0.604. The maximum atomic E-state index is 13.9. The summed E-state index contributed by atoms with van der Waals surface area (Å²) in [7, 11) is -1.25. The van der Waals surface area contributed by atoms with Gasteiger partial charge in [-0.1, -0.05) is 35.9 Å². The number of para-hydroxylation sites is 1. The number of ether oxygens (including phenoxy) is 2. The molecule has 0 atom stereocenters. The van der Waals surface area contributed by atoms with E-state index in [0.717, 1.165) is 38.5 Å². The molecule has 0 fully saturated rings. The van der Waals surface area contributed by atoms with Crippen LogP contribution in [0.25, 0.3) is 10.9 Å². The molecule has 0 saturated carbocycles. The highest BCUT2D eigenvalue weighted by molar-refractivity contribution is 7.89. The number of aromatic nitrogens is 1. The van der Waals surface area contributed by atoms with Crippen molar-refractivity contribution >= 4 is 44.1 Å². The van der Waals surface area contributed by atoms with Gasteiger partial charge in [0.2, 0.25) is 15.9 Å². The van der Waals surface area contributed by atoms with Crippen molar-refractivity contribution in [3.63, 3.8) is 0 Å². The number of sulfonamides is 1. The number of hydrogen-bond donors (Lipinski definition) is 1. The second-order valence-electron chi connectivity index (χ2n) is 10.1. The molecule has 0 aliphatic carbocycles. The van der Waals surface area contributed by atoms with Crippen LogP contribution < -0.4 is 9.47 Å². The van der Waals surface area contributed by atoms with Crippen molar-refractivity contribution in [1.82, 2.24) is 14.2 Å². The van der Waals surface area contributed by atoms with E-state index < -0.39 is 39.1 Å². The fraction of sp³-hybridized carbons (Fsp3) is 0.300. The van der Waals surface area contributed by atoms with Gasteiger partial charge in [0, 0.05) is 42.3 Å². The number of nitrogens with one attached hydrogen (secondary N) is 1. The van der Waals surface area contributed by atoms with E-state index in [-0.39, 0.29) is 16.5 Å². The Kier molecular flexibility index (Phi) is 9.95. The summed E-state index contributed by atoms with van der Waals surface area (Å²) in [5.41, 5.74) is 2.22. The van der Waals surface area contributed by atoms with Gasteiger partial charge in [-0.05, 0) is 61.7 Å². The number of nitro benzene ring substituents is 1. The first kappa shape index (κ1) is 31.8. The summed E-state index contributed by atoms with van der Waals surface area (Å²) in [6.45, 7) is 3.28. The SMILES string of the molecule is COc1ccc(CN(CCc2c[nH]c3ccccc23)C(=O)CN(C(C)C)S(=O)(=O)c2ccc(Cl)c([N+](=O)[O-])c2)cc1OC. The van der Waals surface area contributed by atoms with E-state index in [1.807, 2.05) is 36.5 Å². The van der Waals surface area contributed by atoms with Crippen molar-refractivity contribution in [2.45, 2.75) is 37.8 Å². The molecule has 13 heteroatoms. The van der Waals surface area contributed by atoms with Gasteiger partial charge in [0.05, 0.1) is 30.6 Å². The molecule has 4 aromatic rings. The molecule has 0 spiro atoms. The summed E-state index contributed by atoms with van der Waals surface area (Å²) in [5, 5.41) is 12.3. The highest BCUT2D eigenvalue weighted by atomic mass is 35.5. The smallest absolute Gasteiger partial charge is 0.289 e. The van der Waals surface area contributed by atoms with Crippen molar-refractivity contribution in [3.8, 4) is 11.5 Å². The van der Waals surface area contributed by atoms with Gasteiger partial charge in [0.25, 0.3) is 5.69 Å². The fourth-order valence-corrected chi connectivity index (χ4v) is 6.59. The van der Waals surface area contributed by atoms with E-state index in [1.54, 1.807) is 30.9 Å². The van der Waals surface area contributed by atoms with Gasteiger partial charge >= 0.3 is 0 Å². The summed E-state index contributed by atoms with van der Waals surface area (Å²) >= 11 is 5.91. The Morgan fingerprint density at radius 3 is 2.44 bits per heavy atom. The third-order valence-corrected chi connectivity index (χ3v) is 9.43. The first-order valence-corrected chi connectivity index (χ1v) is 15.3. The van der Waals surface area contributed by atoms with Gasteiger partial charge in [-0.25, -0.2) is 8.42 Å². The molecule has 3 aromatic carbocycles. The van der Waals surface area contributed by atoms with Gasteiger partial charge < -0.3 is 19.4 Å². The first-order chi connectivity index (χ1) is 20.5. The number of aromatic amines is 1. The lowest BCUT2D eigenvalue weighted by atomic mass is 10.1. The molecule has 43 heavy (non-hydrogen) atoms. The fourth-order valence-electron chi connectivity index (χ4n) is 4.79. The zero-order valence-electron chi connectivity index (χ0n) is 24.2. The Hall–Kier alpha value is -4.13. The van der Waals surface area contributed by atoms with Crippen LogP contribution in [0.4, 0.5) is 5.69 Å². The summed E-state index contributed by atoms with van der Waals surface area (Å²) in [4.78, 5) is 29.1. The van der Waals surface area contributed by atoms with Crippen molar-refractivity contribution in [3.05, 3.63) is 93.1 Å². The van der Waals surface area contributed by atoms with E-state index in [1.165, 1.54) is 20.3 Å². The van der Waals surface area contributed by atoms with Gasteiger partial charge in [-0.15, -0.1) is 0 Å². The van der Waals surface area contributed by atoms with Crippen LogP contribution in [-0.2, 0) is 27.8 Å². The lowest BCUT2D eigenvalue weighted by Crippen LogP contribution is -2.46. The second kappa shape index (κ2) is 13.4. The molecule has 0 unspecified atom stereocenters. The second-order valence-corrected chi connectivity index (χ2v) is 12.4. The molecule has 1 amide bonds. The summed E-state index contributed by atoms with van der Waals surface area (Å²) in [6, 6.07) is 15.8. The lowest BCUT2D eigenvalue weighted by Gasteiger charge is -2.29. The lowest BCUT2D eigenvalue weighted by molar-refractivity contribution is -0.384. The molecular weight excluding hydrogens is 596 g/mol. The van der Waals surface area contributed by atoms with Gasteiger partial charge in [0.15, 0.2) is 11.5 Å². The van der Waals surface area contributed by atoms with E-state index in [9.17, 15) is 23.3 Å². The number of fused-ring (bicyclic) bond motifs is 1. The Balaban J connectivity index is 1.65. The number of nitro groups is 1. The highest BCUT2D eigenvalue weighted by Gasteiger charge is 2.32. The third kappa shape index (κ3) is 7.10. The zero-order valence-corrected chi connectivity index (χ0v) is 25.8. The zero-order chi connectivity index (χ0) is 31.3. The quantitative estimate of drug-likeness (QED) is 0.154. The minimum absolute atomic E-state index is 0.180. The van der Waals surface area contributed by atoms with Crippen LogP contribution in [0, 0.1) is 10.1 Å². The Morgan fingerprint density at radius 2 is 1.77 bits per heavy atom. The van der Waals surface area contributed by atoms with Crippen LogP contribution in [0.5, 0.6) is 11.5 Å². The van der Waals surface area contributed by atoms with Gasteiger partial charge in [0.1, 0.15) is 5.02 Å². The van der Waals surface area contributed by atoms with Crippen LogP contribution in [0.15, 0.2) is 71.8 Å². The number of halogens is 1. The van der Waals surface area contributed by atoms with Crippen LogP contribution >= 0.6 is 11.6 Å². The molecule has 0 radical (unpaired) electrons. The van der Waals surface area contributed by atoms with Gasteiger partial charge in [-0.3, -0.25) is 14.9 Å². The first-order valence-electron chi connectivity index (χ1n) is 13.5. The molecule has 1 N–H and O–H groups in total. The number of carbonyl (C=O) groups is 1. The normalized spacial score (nSPS) is 11.7. The molecule has 228 valence electrons. The minimum Gasteiger partial charge on any atom is -0.493 e. The van der Waals surface area contributed by atoms with E-state index >= 15 is 0 Å². The molecule has 0 saturated heterocycles. The Morgan fingerprint density at radius 1 is 1.05 bits per heavy atom. The average Bonchev–Trinajstić information content (AvgIpc) is 3.40. The minimum atomic E-state index is -4.30. The maximum Gasteiger partial charge on any atom is 0.289 e. The van der Waals surface area contributed by atoms with Crippen LogP contribution in [0.2, 0.25) is 5.02 Å². The Labute approximate surface area is 255 Å². The number of amides is 1. The predicted octanol–water partition coefficient (Wildman–Crippen LogP) is 5.42. The standard InChI is InChI=1S/C30H33ClN4O7S/c1-20(2)34(43(39,40)23-10-11-25(31)27(16-23)35(37)38)19-30(36)33(18-21-9-12-28(41-3)29(15-21)42-4)14-13-22-17-32-26-8-6-5-7-24(22)26/h5-12,15-17,20,32H,13-14,18-19H2,1-4H3. The highest BCUT2D eigenvalue weighted by Crippen LogP contribution is 2.30. The average molecular weight is 629 g/mol. The van der Waals surface area contributed by atoms with Crippen molar-refractivity contribution in [1.29, 1.82) is 0 Å². The van der Waals surface area contributed by atoms with E-state index in [2.05, 4.69) is 4.98 Å². The summed E-state index contributed by atoms with van der Waals surface area (Å²) in [6.07, 6.45) is 2.42. The largest absolute Gasteiger partial charge is 0.493 e. The maximum absolute atomic E-state index is 13.9. The molecule has 1 aromatic heterocycles. The van der Waals surface area contributed by atoms with Crippen LogP contribution in [-0.4, -0.2) is 66.8 Å². The van der Waals surface area contributed by atoms with E-state index in [4.69, 9.17) is 21.1 Å². The number of carbonyl (C=O) groups excluding carboxylic acids is 1. The number of rotatable bonds is 13. The van der Waals surface area contributed by atoms with Crippen LogP contribution in [0.1, 0.15) is 25.0 Å². The molecule has 1 heterocycles. The monoisotopic (exact) mass is 628 g/mol. The molecule has 0 aliphatic heterocycles. The number of H-pyrrole nitrogens is 1.